The minimum absolute atomic E-state index is 0. The summed E-state index contributed by atoms with van der Waals surface area (Å²) < 4.78 is 11.6. The van der Waals surface area contributed by atoms with Crippen LogP contribution in [0.2, 0.25) is 0 Å². The van der Waals surface area contributed by atoms with E-state index >= 15 is 0 Å². The molecule has 0 saturated carbocycles. The molecule has 1 aromatic heterocycles. The maximum Gasteiger partial charge on any atom is 0.236 e. The standard InChI is InChI=1S/C23H19N3O2.Cu/c1-3-8-16(9-4-1)20-14-27-22(25-20)18-12-7-13-19(24-18)23-26-21(15-28-23)17-10-5-2-6-11-17;/h1-13,20-21H,14-15H2;/t20-,21+;. The summed E-state index contributed by atoms with van der Waals surface area (Å²) in [6, 6.07) is 26.1. The third-order valence-electron chi connectivity index (χ3n) is 4.86. The Balaban J connectivity index is 0.00000205. The molecule has 0 N–H and O–H groups in total. The quantitative estimate of drug-likeness (QED) is 0.583. The van der Waals surface area contributed by atoms with Gasteiger partial charge < -0.3 is 9.47 Å². The van der Waals surface area contributed by atoms with Crippen LogP contribution >= 0.6 is 0 Å². The van der Waals surface area contributed by atoms with E-state index in [2.05, 4.69) is 29.2 Å². The van der Waals surface area contributed by atoms with Crippen LogP contribution < -0.4 is 0 Å². The molecule has 1 radical (unpaired) electrons. The van der Waals surface area contributed by atoms with Crippen LogP contribution in [0.25, 0.3) is 0 Å². The average molecular weight is 433 g/mol. The minimum Gasteiger partial charge on any atom is -0.474 e. The number of aromatic nitrogens is 1. The summed E-state index contributed by atoms with van der Waals surface area (Å²) in [5.74, 6) is 1.13. The van der Waals surface area contributed by atoms with Gasteiger partial charge in [0.15, 0.2) is 0 Å². The molecule has 2 aliphatic rings. The SMILES string of the molecule is [Cu].c1ccc([C@@H]2COC(c3cccc(C4=N[C@@H](c5ccccc5)CO4)n3)=N2)cc1. The molecule has 5 rings (SSSR count). The summed E-state index contributed by atoms with van der Waals surface area (Å²) in [7, 11) is 0. The van der Waals surface area contributed by atoms with Gasteiger partial charge in [-0.1, -0.05) is 66.7 Å². The zero-order valence-corrected chi connectivity index (χ0v) is 16.5. The molecule has 0 saturated heterocycles. The number of hydrogen-bond acceptors (Lipinski definition) is 5. The summed E-state index contributed by atoms with van der Waals surface area (Å²) in [6.07, 6.45) is 0. The van der Waals surface area contributed by atoms with Crippen molar-refractivity contribution in [3.8, 4) is 0 Å². The Hall–Kier alpha value is -2.95. The molecule has 2 aliphatic heterocycles. The second-order valence-corrected chi connectivity index (χ2v) is 6.75. The largest absolute Gasteiger partial charge is 0.474 e. The van der Waals surface area contributed by atoms with E-state index in [1.807, 2.05) is 54.6 Å². The zero-order valence-electron chi connectivity index (χ0n) is 15.5. The second kappa shape index (κ2) is 8.60. The van der Waals surface area contributed by atoms with E-state index in [1.165, 1.54) is 0 Å². The number of pyridine rings is 1. The number of ether oxygens (including phenoxy) is 2. The van der Waals surface area contributed by atoms with Crippen molar-refractivity contribution >= 4 is 11.8 Å². The van der Waals surface area contributed by atoms with E-state index in [4.69, 9.17) is 19.5 Å². The van der Waals surface area contributed by atoms with Crippen molar-refractivity contribution in [1.29, 1.82) is 0 Å². The van der Waals surface area contributed by atoms with Gasteiger partial charge in [0.1, 0.15) is 36.7 Å². The van der Waals surface area contributed by atoms with Gasteiger partial charge in [-0.2, -0.15) is 0 Å². The molecule has 0 aliphatic carbocycles. The van der Waals surface area contributed by atoms with Crippen molar-refractivity contribution in [1.82, 2.24) is 4.98 Å². The molecule has 149 valence electrons. The van der Waals surface area contributed by atoms with Crippen molar-refractivity contribution in [2.24, 2.45) is 9.98 Å². The monoisotopic (exact) mass is 432 g/mol. The molecule has 2 atom stereocenters. The first kappa shape index (κ1) is 19.4. The molecule has 0 unspecified atom stereocenters. The zero-order chi connectivity index (χ0) is 18.8. The number of benzene rings is 2. The normalized spacial score (nSPS) is 20.1. The summed E-state index contributed by atoms with van der Waals surface area (Å²) in [6.45, 7) is 1.05. The Morgan fingerprint density at radius 1 is 0.586 bits per heavy atom. The molecule has 5 nitrogen and oxygen atoms in total. The van der Waals surface area contributed by atoms with Gasteiger partial charge in [-0.05, 0) is 23.3 Å². The van der Waals surface area contributed by atoms with Gasteiger partial charge >= 0.3 is 0 Å². The molecule has 3 heterocycles. The van der Waals surface area contributed by atoms with E-state index in [-0.39, 0.29) is 29.2 Å². The summed E-state index contributed by atoms with van der Waals surface area (Å²) in [5.41, 5.74) is 3.68. The molecule has 0 amide bonds. The van der Waals surface area contributed by atoms with Crippen molar-refractivity contribution in [2.45, 2.75) is 12.1 Å². The van der Waals surface area contributed by atoms with Crippen molar-refractivity contribution < 1.29 is 26.5 Å². The molecule has 29 heavy (non-hydrogen) atoms. The molecule has 2 aromatic carbocycles. The Morgan fingerprint density at radius 2 is 1.03 bits per heavy atom. The van der Waals surface area contributed by atoms with Gasteiger partial charge in [-0.3, -0.25) is 0 Å². The molecule has 6 heteroatoms. The van der Waals surface area contributed by atoms with Gasteiger partial charge in [0.25, 0.3) is 0 Å². The van der Waals surface area contributed by atoms with Crippen LogP contribution in [-0.2, 0) is 26.5 Å². The third-order valence-corrected chi connectivity index (χ3v) is 4.86. The minimum atomic E-state index is 0. The molecular weight excluding hydrogens is 414 g/mol. The van der Waals surface area contributed by atoms with Crippen LogP contribution in [0.5, 0.6) is 0 Å². The van der Waals surface area contributed by atoms with Crippen LogP contribution in [0, 0.1) is 0 Å². The summed E-state index contributed by atoms with van der Waals surface area (Å²) in [5, 5.41) is 0. The number of nitrogens with zero attached hydrogens (tertiary/aromatic N) is 3. The van der Waals surface area contributed by atoms with Crippen molar-refractivity contribution in [2.75, 3.05) is 13.2 Å². The van der Waals surface area contributed by atoms with Crippen molar-refractivity contribution in [3.63, 3.8) is 0 Å². The van der Waals surface area contributed by atoms with Gasteiger partial charge in [-0.25, -0.2) is 15.0 Å². The van der Waals surface area contributed by atoms with E-state index in [0.717, 1.165) is 11.1 Å². The second-order valence-electron chi connectivity index (χ2n) is 6.75. The van der Waals surface area contributed by atoms with Gasteiger partial charge in [0.05, 0.1) is 0 Å². The Bertz CT molecular complexity index is 958. The first-order valence-corrected chi connectivity index (χ1v) is 9.36. The van der Waals surface area contributed by atoms with Crippen LogP contribution in [0.15, 0.2) is 88.8 Å². The average Bonchev–Trinajstić information content (AvgIpc) is 3.46. The fourth-order valence-corrected chi connectivity index (χ4v) is 3.39. The summed E-state index contributed by atoms with van der Waals surface area (Å²) in [4.78, 5) is 14.1. The molecule has 0 spiro atoms. The van der Waals surface area contributed by atoms with Crippen LogP contribution in [0.3, 0.4) is 0 Å². The van der Waals surface area contributed by atoms with E-state index < -0.39 is 0 Å². The van der Waals surface area contributed by atoms with Crippen LogP contribution in [0.1, 0.15) is 34.6 Å². The molecular formula is C23H19CuN3O2. The van der Waals surface area contributed by atoms with Crippen molar-refractivity contribution in [3.05, 3.63) is 101 Å². The Kier molecular flexibility index (Phi) is 5.74. The first-order chi connectivity index (χ1) is 13.9. The maximum atomic E-state index is 5.82. The fraction of sp³-hybridized carbons (Fsp3) is 0.174. The maximum absolute atomic E-state index is 5.82. The molecule has 0 bridgehead atoms. The third kappa shape index (κ3) is 4.09. The number of rotatable bonds is 4. The number of hydrogen-bond donors (Lipinski definition) is 0. The van der Waals surface area contributed by atoms with Crippen LogP contribution in [-0.4, -0.2) is 30.0 Å². The van der Waals surface area contributed by atoms with Gasteiger partial charge in [0.2, 0.25) is 11.8 Å². The summed E-state index contributed by atoms with van der Waals surface area (Å²) >= 11 is 0. The number of aliphatic imine (C=N–C) groups is 2. The predicted molar refractivity (Wildman–Crippen MR) is 108 cm³/mol. The predicted octanol–water partition coefficient (Wildman–Crippen LogP) is 4.12. The smallest absolute Gasteiger partial charge is 0.236 e. The fourth-order valence-electron chi connectivity index (χ4n) is 3.39. The van der Waals surface area contributed by atoms with Gasteiger partial charge in [-0.15, -0.1) is 0 Å². The topological polar surface area (TPSA) is 56.1 Å². The Morgan fingerprint density at radius 3 is 1.48 bits per heavy atom. The molecule has 0 fully saturated rings. The van der Waals surface area contributed by atoms with Gasteiger partial charge in [0, 0.05) is 17.1 Å². The first-order valence-electron chi connectivity index (χ1n) is 9.36. The Labute approximate surface area is 180 Å². The van der Waals surface area contributed by atoms with Crippen LogP contribution in [0.4, 0.5) is 0 Å². The van der Waals surface area contributed by atoms with E-state index in [0.29, 0.717) is 36.4 Å². The molecule has 3 aromatic rings. The van der Waals surface area contributed by atoms with E-state index in [1.54, 1.807) is 0 Å². The van der Waals surface area contributed by atoms with E-state index in [9.17, 15) is 0 Å².